The quantitative estimate of drug-likeness (QED) is 0.827. The molecule has 0 bridgehead atoms. The van der Waals surface area contributed by atoms with Crippen molar-refractivity contribution in [3.63, 3.8) is 0 Å². The maximum absolute atomic E-state index is 12.1. The van der Waals surface area contributed by atoms with E-state index >= 15 is 0 Å². The number of nitrogens with one attached hydrogen (secondary N) is 1. The fraction of sp³-hybridized carbons (Fsp3) is 0.533. The molecule has 0 aromatic heterocycles. The third-order valence-corrected chi connectivity index (χ3v) is 5.18. The van der Waals surface area contributed by atoms with Gasteiger partial charge in [-0.25, -0.2) is 13.1 Å². The molecule has 0 spiro atoms. The molecule has 0 aliphatic heterocycles. The van der Waals surface area contributed by atoms with Crippen LogP contribution in [0.4, 0.5) is 0 Å². The highest BCUT2D eigenvalue weighted by molar-refractivity contribution is 7.88. The summed E-state index contributed by atoms with van der Waals surface area (Å²) in [6.45, 7) is 2.45. The predicted octanol–water partition coefficient (Wildman–Crippen LogP) is 1.46. The zero-order valence-electron chi connectivity index (χ0n) is 12.4. The average molecular weight is 307 g/mol. The number of nitrogens with zero attached hydrogens (tertiary/aromatic N) is 2. The molecule has 1 aliphatic rings. The average Bonchev–Trinajstić information content (AvgIpc) is 3.29. The molecule has 6 heteroatoms. The number of likely N-dealkylation sites (N-methyl/N-ethyl adjacent to an activating group) is 1. The van der Waals surface area contributed by atoms with Gasteiger partial charge in [0, 0.05) is 18.6 Å². The van der Waals surface area contributed by atoms with Gasteiger partial charge in [-0.3, -0.25) is 4.90 Å². The van der Waals surface area contributed by atoms with Gasteiger partial charge in [0.15, 0.2) is 0 Å². The van der Waals surface area contributed by atoms with Crippen LogP contribution < -0.4 is 4.72 Å². The van der Waals surface area contributed by atoms with Crippen LogP contribution in [0.3, 0.4) is 0 Å². The lowest BCUT2D eigenvalue weighted by Gasteiger charge is -2.24. The summed E-state index contributed by atoms with van der Waals surface area (Å²) in [7, 11) is -1.31. The molecule has 5 nitrogen and oxygen atoms in total. The number of hydrogen-bond acceptors (Lipinski definition) is 4. The van der Waals surface area contributed by atoms with Crippen LogP contribution in [0.2, 0.25) is 0 Å². The highest BCUT2D eigenvalue weighted by Gasteiger charge is 2.29. The minimum atomic E-state index is -3.35. The van der Waals surface area contributed by atoms with Gasteiger partial charge in [-0.15, -0.1) is 0 Å². The summed E-state index contributed by atoms with van der Waals surface area (Å²) in [5.41, 5.74) is 1.22. The third-order valence-electron chi connectivity index (χ3n) is 3.86. The molecule has 0 saturated heterocycles. The summed E-state index contributed by atoms with van der Waals surface area (Å²) in [4.78, 5) is 2.23. The van der Waals surface area contributed by atoms with E-state index in [1.807, 2.05) is 20.0 Å². The molecule has 21 heavy (non-hydrogen) atoms. The molecule has 1 aromatic rings. The fourth-order valence-electron chi connectivity index (χ4n) is 2.18. The Kier molecular flexibility index (Phi) is 4.99. The largest absolute Gasteiger partial charge is 0.299 e. The first-order valence-electron chi connectivity index (χ1n) is 7.09. The first kappa shape index (κ1) is 16.0. The molecule has 0 heterocycles. The zero-order valence-corrected chi connectivity index (χ0v) is 13.2. The second-order valence-electron chi connectivity index (χ2n) is 5.66. The van der Waals surface area contributed by atoms with E-state index in [-0.39, 0.29) is 11.8 Å². The molecule has 0 radical (unpaired) electrons. The molecular weight excluding hydrogens is 286 g/mol. The zero-order chi connectivity index (χ0) is 15.5. The first-order chi connectivity index (χ1) is 9.91. The third kappa shape index (κ3) is 4.81. The van der Waals surface area contributed by atoms with Crippen LogP contribution in [0, 0.1) is 11.3 Å². The van der Waals surface area contributed by atoms with E-state index in [9.17, 15) is 8.42 Å². The molecule has 1 fully saturated rings. The van der Waals surface area contributed by atoms with Crippen LogP contribution in [-0.4, -0.2) is 39.0 Å². The second kappa shape index (κ2) is 6.56. The first-order valence-corrected chi connectivity index (χ1v) is 8.75. The van der Waals surface area contributed by atoms with Crippen LogP contribution in [0.15, 0.2) is 24.3 Å². The summed E-state index contributed by atoms with van der Waals surface area (Å²) in [5, 5.41) is 8.72. The van der Waals surface area contributed by atoms with Crippen LogP contribution in [0.5, 0.6) is 0 Å². The number of sulfonamides is 1. The molecule has 114 valence electrons. The van der Waals surface area contributed by atoms with Gasteiger partial charge < -0.3 is 0 Å². The SMILES string of the molecule is CC(CNS(=O)(=O)Cc1ccc(C#N)cc1)N(C)C1CC1. The molecule has 1 aromatic carbocycles. The molecule has 1 atom stereocenters. The normalized spacial score (nSPS) is 16.7. The highest BCUT2D eigenvalue weighted by Crippen LogP contribution is 2.26. The Morgan fingerprint density at radius 2 is 2.00 bits per heavy atom. The Morgan fingerprint density at radius 1 is 1.38 bits per heavy atom. The van der Waals surface area contributed by atoms with Gasteiger partial charge in [0.05, 0.1) is 17.4 Å². The summed E-state index contributed by atoms with van der Waals surface area (Å²) >= 11 is 0. The summed E-state index contributed by atoms with van der Waals surface area (Å²) < 4.78 is 26.8. The molecule has 1 unspecified atom stereocenters. The monoisotopic (exact) mass is 307 g/mol. The maximum Gasteiger partial charge on any atom is 0.215 e. The Balaban J connectivity index is 1.87. The molecular formula is C15H21N3O2S. The summed E-state index contributed by atoms with van der Waals surface area (Å²) in [6.07, 6.45) is 2.41. The van der Waals surface area contributed by atoms with E-state index in [4.69, 9.17) is 5.26 Å². The fourth-order valence-corrected chi connectivity index (χ4v) is 3.41. The molecule has 0 amide bonds. The van der Waals surface area contributed by atoms with E-state index in [1.54, 1.807) is 24.3 Å². The summed E-state index contributed by atoms with van der Waals surface area (Å²) in [5.74, 6) is -0.0570. The van der Waals surface area contributed by atoms with Crippen LogP contribution >= 0.6 is 0 Å². The van der Waals surface area contributed by atoms with Crippen molar-refractivity contribution in [1.29, 1.82) is 5.26 Å². The topological polar surface area (TPSA) is 73.2 Å². The van der Waals surface area contributed by atoms with Crippen molar-refractivity contribution >= 4 is 10.0 Å². The molecule has 1 aliphatic carbocycles. The Bertz CT molecular complexity index is 615. The van der Waals surface area contributed by atoms with Gasteiger partial charge in [0.25, 0.3) is 0 Å². The summed E-state index contributed by atoms with van der Waals surface area (Å²) in [6, 6.07) is 9.44. The van der Waals surface area contributed by atoms with E-state index in [0.717, 1.165) is 0 Å². The van der Waals surface area contributed by atoms with Gasteiger partial charge in [-0.05, 0) is 44.5 Å². The molecule has 2 rings (SSSR count). The van der Waals surface area contributed by atoms with Crippen LogP contribution in [0.1, 0.15) is 30.9 Å². The van der Waals surface area contributed by atoms with Crippen molar-refractivity contribution in [2.24, 2.45) is 0 Å². The Hall–Kier alpha value is -1.42. The Morgan fingerprint density at radius 3 is 2.52 bits per heavy atom. The van der Waals surface area contributed by atoms with Gasteiger partial charge in [0.2, 0.25) is 10.0 Å². The highest BCUT2D eigenvalue weighted by atomic mass is 32.2. The van der Waals surface area contributed by atoms with Crippen molar-refractivity contribution < 1.29 is 8.42 Å². The van der Waals surface area contributed by atoms with E-state index in [0.29, 0.717) is 23.7 Å². The minimum absolute atomic E-state index is 0.0570. The van der Waals surface area contributed by atoms with Crippen molar-refractivity contribution in [1.82, 2.24) is 9.62 Å². The number of rotatable bonds is 7. The van der Waals surface area contributed by atoms with E-state index in [2.05, 4.69) is 9.62 Å². The lowest BCUT2D eigenvalue weighted by atomic mass is 10.2. The van der Waals surface area contributed by atoms with Crippen molar-refractivity contribution in [3.8, 4) is 6.07 Å². The van der Waals surface area contributed by atoms with Gasteiger partial charge in [-0.2, -0.15) is 5.26 Å². The predicted molar refractivity (Wildman–Crippen MR) is 82.0 cm³/mol. The Labute approximate surface area is 126 Å². The lowest BCUT2D eigenvalue weighted by Crippen LogP contribution is -2.41. The standard InChI is InChI=1S/C15H21N3O2S/c1-12(18(2)15-7-8-15)10-17-21(19,20)11-14-5-3-13(9-16)4-6-14/h3-6,12,15,17H,7-8,10-11H2,1-2H3. The van der Waals surface area contributed by atoms with Crippen LogP contribution in [-0.2, 0) is 15.8 Å². The minimum Gasteiger partial charge on any atom is -0.299 e. The van der Waals surface area contributed by atoms with Gasteiger partial charge in [-0.1, -0.05) is 12.1 Å². The van der Waals surface area contributed by atoms with E-state index in [1.165, 1.54) is 12.8 Å². The maximum atomic E-state index is 12.1. The second-order valence-corrected chi connectivity index (χ2v) is 7.47. The number of nitriles is 1. The van der Waals surface area contributed by atoms with Crippen molar-refractivity contribution in [2.75, 3.05) is 13.6 Å². The van der Waals surface area contributed by atoms with Crippen LogP contribution in [0.25, 0.3) is 0 Å². The van der Waals surface area contributed by atoms with Crippen molar-refractivity contribution in [2.45, 2.75) is 37.6 Å². The number of hydrogen-bond donors (Lipinski definition) is 1. The molecule has 1 N–H and O–H groups in total. The smallest absolute Gasteiger partial charge is 0.215 e. The van der Waals surface area contributed by atoms with Gasteiger partial charge in [0.1, 0.15) is 0 Å². The number of benzene rings is 1. The lowest BCUT2D eigenvalue weighted by molar-refractivity contribution is 0.248. The molecule has 1 saturated carbocycles. The van der Waals surface area contributed by atoms with E-state index < -0.39 is 10.0 Å². The van der Waals surface area contributed by atoms with Crippen molar-refractivity contribution in [3.05, 3.63) is 35.4 Å². The van der Waals surface area contributed by atoms with Gasteiger partial charge >= 0.3 is 0 Å².